The number of para-hydroxylation sites is 1. The number of anilines is 1. The third-order valence-electron chi connectivity index (χ3n) is 4.17. The van der Waals surface area contributed by atoms with Crippen LogP contribution in [0.1, 0.15) is 12.0 Å². The van der Waals surface area contributed by atoms with E-state index in [-0.39, 0.29) is 30.6 Å². The number of rotatable bonds is 6. The maximum atomic E-state index is 12.9. The van der Waals surface area contributed by atoms with Crippen LogP contribution in [-0.4, -0.2) is 41.6 Å². The summed E-state index contributed by atoms with van der Waals surface area (Å²) in [4.78, 5) is 38.6. The first-order chi connectivity index (χ1) is 13.4. The number of carbonyl (C=O) groups is 3. The molecule has 8 heteroatoms. The third kappa shape index (κ3) is 5.10. The largest absolute Gasteiger partial charge is 0.456 e. The lowest BCUT2D eigenvalue weighted by Crippen LogP contribution is -2.33. The maximum Gasteiger partial charge on any atom is 0.307 e. The van der Waals surface area contributed by atoms with Crippen molar-refractivity contribution in [3.05, 3.63) is 59.9 Å². The van der Waals surface area contributed by atoms with Crippen molar-refractivity contribution >= 4 is 35.2 Å². The summed E-state index contributed by atoms with van der Waals surface area (Å²) >= 11 is 1.30. The molecule has 0 saturated heterocycles. The van der Waals surface area contributed by atoms with Gasteiger partial charge in [0.1, 0.15) is 5.82 Å². The molecule has 1 aliphatic rings. The molecule has 146 valence electrons. The molecule has 0 spiro atoms. The zero-order chi connectivity index (χ0) is 20.1. The number of benzene rings is 2. The molecule has 0 aromatic heterocycles. The number of nitrogens with zero attached hydrogens (tertiary/aromatic N) is 1. The van der Waals surface area contributed by atoms with E-state index in [4.69, 9.17) is 4.74 Å². The highest BCUT2D eigenvalue weighted by Crippen LogP contribution is 2.36. The molecule has 3 rings (SSSR count). The fourth-order valence-electron chi connectivity index (χ4n) is 2.64. The fourth-order valence-corrected chi connectivity index (χ4v) is 3.74. The molecule has 0 saturated carbocycles. The van der Waals surface area contributed by atoms with Crippen LogP contribution in [0.2, 0.25) is 0 Å². The zero-order valence-corrected chi connectivity index (χ0v) is 16.0. The summed E-state index contributed by atoms with van der Waals surface area (Å²) in [5.74, 6) is -1.61. The van der Waals surface area contributed by atoms with Gasteiger partial charge in [-0.15, -0.1) is 11.8 Å². The van der Waals surface area contributed by atoms with Crippen LogP contribution in [0.5, 0.6) is 0 Å². The van der Waals surface area contributed by atoms with E-state index in [1.807, 2.05) is 18.2 Å². The van der Waals surface area contributed by atoms with Gasteiger partial charge in [0.25, 0.3) is 5.91 Å². The molecule has 2 aromatic carbocycles. The highest BCUT2D eigenvalue weighted by Gasteiger charge is 2.29. The fraction of sp³-hybridized carbons (Fsp3) is 0.250. The maximum absolute atomic E-state index is 12.9. The zero-order valence-electron chi connectivity index (χ0n) is 15.2. The van der Waals surface area contributed by atoms with E-state index < -0.39 is 17.8 Å². The summed E-state index contributed by atoms with van der Waals surface area (Å²) < 4.78 is 18.0. The molecule has 0 aliphatic carbocycles. The SMILES string of the molecule is CN(Cc1ccc(F)cc1)C(=O)COC(=O)CC1Sc2ccccc2NC1=O. The second kappa shape index (κ2) is 8.88. The van der Waals surface area contributed by atoms with Gasteiger partial charge in [-0.1, -0.05) is 24.3 Å². The molecule has 1 unspecified atom stereocenters. The summed E-state index contributed by atoms with van der Waals surface area (Å²) in [5, 5.41) is 2.16. The van der Waals surface area contributed by atoms with Crippen LogP contribution in [0.25, 0.3) is 0 Å². The molecule has 28 heavy (non-hydrogen) atoms. The van der Waals surface area contributed by atoms with Crippen molar-refractivity contribution in [1.29, 1.82) is 0 Å². The Bertz CT molecular complexity index is 888. The smallest absolute Gasteiger partial charge is 0.307 e. The Morgan fingerprint density at radius 2 is 1.89 bits per heavy atom. The van der Waals surface area contributed by atoms with Crippen LogP contribution in [-0.2, 0) is 25.7 Å². The minimum atomic E-state index is -0.615. The lowest BCUT2D eigenvalue weighted by atomic mass is 10.2. The number of esters is 1. The van der Waals surface area contributed by atoms with E-state index in [1.165, 1.54) is 28.8 Å². The topological polar surface area (TPSA) is 75.7 Å². The van der Waals surface area contributed by atoms with Crippen molar-refractivity contribution in [2.45, 2.75) is 23.1 Å². The molecular formula is C20H19FN2O4S. The Balaban J connectivity index is 1.46. The van der Waals surface area contributed by atoms with Crippen LogP contribution in [0.4, 0.5) is 10.1 Å². The molecule has 0 fully saturated rings. The van der Waals surface area contributed by atoms with Gasteiger partial charge in [-0.25, -0.2) is 4.39 Å². The van der Waals surface area contributed by atoms with Gasteiger partial charge < -0.3 is 15.0 Å². The van der Waals surface area contributed by atoms with Crippen molar-refractivity contribution in [2.75, 3.05) is 19.0 Å². The Kier molecular flexibility index (Phi) is 6.30. The predicted octanol–water partition coefficient (Wildman–Crippen LogP) is 2.83. The Morgan fingerprint density at radius 3 is 2.64 bits per heavy atom. The van der Waals surface area contributed by atoms with Gasteiger partial charge >= 0.3 is 5.97 Å². The van der Waals surface area contributed by atoms with Gasteiger partial charge in [0, 0.05) is 18.5 Å². The first-order valence-corrected chi connectivity index (χ1v) is 9.51. The van der Waals surface area contributed by atoms with Crippen LogP contribution in [0.3, 0.4) is 0 Å². The van der Waals surface area contributed by atoms with E-state index in [2.05, 4.69) is 5.32 Å². The molecule has 0 radical (unpaired) electrons. The summed E-state index contributed by atoms with van der Waals surface area (Å²) in [6.45, 7) is -0.138. The molecular weight excluding hydrogens is 383 g/mol. The third-order valence-corrected chi connectivity index (χ3v) is 5.45. The minimum absolute atomic E-state index is 0.125. The second-order valence-electron chi connectivity index (χ2n) is 6.33. The van der Waals surface area contributed by atoms with Crippen LogP contribution >= 0.6 is 11.8 Å². The summed E-state index contributed by atoms with van der Waals surface area (Å²) in [6.07, 6.45) is -0.125. The average Bonchev–Trinajstić information content (AvgIpc) is 2.68. The minimum Gasteiger partial charge on any atom is -0.456 e. The highest BCUT2D eigenvalue weighted by atomic mass is 32.2. The quantitative estimate of drug-likeness (QED) is 0.752. The Morgan fingerprint density at radius 1 is 1.18 bits per heavy atom. The summed E-state index contributed by atoms with van der Waals surface area (Å²) in [6, 6.07) is 13.1. The summed E-state index contributed by atoms with van der Waals surface area (Å²) in [7, 11) is 1.57. The van der Waals surface area contributed by atoms with Crippen molar-refractivity contribution in [3.8, 4) is 0 Å². The van der Waals surface area contributed by atoms with Crippen molar-refractivity contribution in [1.82, 2.24) is 4.90 Å². The number of ether oxygens (including phenoxy) is 1. The number of hydrogen-bond acceptors (Lipinski definition) is 5. The van der Waals surface area contributed by atoms with Gasteiger partial charge in [0.15, 0.2) is 6.61 Å². The van der Waals surface area contributed by atoms with Gasteiger partial charge in [0.05, 0.1) is 17.4 Å². The number of hydrogen-bond donors (Lipinski definition) is 1. The normalized spacial score (nSPS) is 15.4. The van der Waals surface area contributed by atoms with Crippen molar-refractivity contribution in [2.24, 2.45) is 0 Å². The number of nitrogens with one attached hydrogen (secondary N) is 1. The molecule has 2 aromatic rings. The highest BCUT2D eigenvalue weighted by molar-refractivity contribution is 8.01. The molecule has 2 amide bonds. The number of halogens is 1. The molecule has 1 N–H and O–H groups in total. The monoisotopic (exact) mass is 402 g/mol. The van der Waals surface area contributed by atoms with Crippen LogP contribution < -0.4 is 5.32 Å². The van der Waals surface area contributed by atoms with E-state index in [9.17, 15) is 18.8 Å². The Labute approximate surface area is 166 Å². The van der Waals surface area contributed by atoms with Gasteiger partial charge in [-0.05, 0) is 29.8 Å². The molecule has 1 aliphatic heterocycles. The first-order valence-electron chi connectivity index (χ1n) is 8.63. The standard InChI is InChI=1S/C20H19FN2O4S/c1-23(11-13-6-8-14(21)9-7-13)18(24)12-27-19(25)10-17-20(26)22-15-4-2-3-5-16(15)28-17/h2-9,17H,10-12H2,1H3,(H,22,26). The van der Waals surface area contributed by atoms with Crippen molar-refractivity contribution < 1.29 is 23.5 Å². The second-order valence-corrected chi connectivity index (χ2v) is 7.58. The van der Waals surface area contributed by atoms with E-state index in [1.54, 1.807) is 25.2 Å². The average molecular weight is 402 g/mol. The molecule has 0 bridgehead atoms. The van der Waals surface area contributed by atoms with E-state index in [0.29, 0.717) is 0 Å². The Hall–Kier alpha value is -2.87. The number of likely N-dealkylation sites (N-methyl/N-ethyl adjacent to an activating group) is 1. The lowest BCUT2D eigenvalue weighted by Gasteiger charge is -2.23. The van der Waals surface area contributed by atoms with Gasteiger partial charge in [-0.3, -0.25) is 14.4 Å². The first kappa shape index (κ1) is 19.9. The summed E-state index contributed by atoms with van der Waals surface area (Å²) in [5.41, 5.74) is 1.48. The van der Waals surface area contributed by atoms with Crippen LogP contribution in [0, 0.1) is 5.82 Å². The molecule has 1 atom stereocenters. The number of thioether (sulfide) groups is 1. The predicted molar refractivity (Wildman–Crippen MR) is 103 cm³/mol. The van der Waals surface area contributed by atoms with Gasteiger partial charge in [0.2, 0.25) is 5.91 Å². The van der Waals surface area contributed by atoms with E-state index in [0.717, 1.165) is 16.1 Å². The lowest BCUT2D eigenvalue weighted by molar-refractivity contribution is -0.152. The molecule has 1 heterocycles. The van der Waals surface area contributed by atoms with Crippen molar-refractivity contribution in [3.63, 3.8) is 0 Å². The van der Waals surface area contributed by atoms with Gasteiger partial charge in [-0.2, -0.15) is 0 Å². The number of carbonyl (C=O) groups excluding carboxylic acids is 3. The number of amides is 2. The van der Waals surface area contributed by atoms with E-state index >= 15 is 0 Å². The number of fused-ring (bicyclic) bond motifs is 1. The van der Waals surface area contributed by atoms with Crippen LogP contribution in [0.15, 0.2) is 53.4 Å². The molecule has 6 nitrogen and oxygen atoms in total.